The van der Waals surface area contributed by atoms with Gasteiger partial charge in [-0.2, -0.15) is 0 Å². The zero-order valence-electron chi connectivity index (χ0n) is 31.6. The maximum absolute atomic E-state index is 13.2. The molecule has 0 heterocycles. The van der Waals surface area contributed by atoms with Crippen LogP contribution in [0.5, 0.6) is 0 Å². The monoisotopic (exact) mass is 656 g/mol. The second-order valence-electron chi connectivity index (χ2n) is 19.6. The van der Waals surface area contributed by atoms with Crippen LogP contribution < -0.4 is 0 Å². The molecular weight excluding hydrogens is 586 g/mol. The van der Waals surface area contributed by atoms with Gasteiger partial charge in [0.1, 0.15) is 6.10 Å². The molecule has 0 spiro atoms. The van der Waals surface area contributed by atoms with Gasteiger partial charge in [-0.15, -0.1) is 0 Å². The van der Waals surface area contributed by atoms with Crippen LogP contribution in [0.25, 0.3) is 0 Å². The third-order valence-electron chi connectivity index (χ3n) is 16.2. The molecule has 268 valence electrons. The first-order valence-electron chi connectivity index (χ1n) is 19.1. The average Bonchev–Trinajstić information content (AvgIpc) is 3.34. The second kappa shape index (κ2) is 12.7. The van der Waals surface area contributed by atoms with Crippen LogP contribution in [-0.2, 0) is 14.3 Å². The quantitative estimate of drug-likeness (QED) is 0.131. The minimum Gasteiger partial charge on any atom is -0.481 e. The molecule has 6 nitrogen and oxygen atoms in total. The van der Waals surface area contributed by atoms with Crippen LogP contribution >= 0.6 is 0 Å². The van der Waals surface area contributed by atoms with Gasteiger partial charge in [-0.3, -0.25) is 14.5 Å². The van der Waals surface area contributed by atoms with Crippen molar-refractivity contribution in [1.82, 2.24) is 4.90 Å². The number of aliphatic carboxylic acids is 1. The zero-order chi connectivity index (χ0) is 34.8. The molecule has 5 aliphatic rings. The highest BCUT2D eigenvalue weighted by Gasteiger charge is 2.71. The SMILES string of the molecule is C=C(C)[C@@H]1CC[C@]2(CCCN(C)CO)CC[C@]3(C)[C@H](CC[C@@H]4[C@@]5(C)CC[C@H](OC(=O)CC(C)(C)CC(=O)O)C(C)(C)[C@@H]5CC[C@]43C)[C@@H]12. The van der Waals surface area contributed by atoms with E-state index < -0.39 is 11.4 Å². The summed E-state index contributed by atoms with van der Waals surface area (Å²) in [6.07, 6.45) is 14.8. The minimum absolute atomic E-state index is 0.0347. The molecular formula is C41H69NO5. The molecule has 0 amide bonds. The van der Waals surface area contributed by atoms with E-state index in [1.54, 1.807) is 0 Å². The smallest absolute Gasteiger partial charge is 0.306 e. The summed E-state index contributed by atoms with van der Waals surface area (Å²) in [5, 5.41) is 18.9. The fourth-order valence-corrected chi connectivity index (χ4v) is 13.7. The van der Waals surface area contributed by atoms with E-state index in [2.05, 4.69) is 48.1 Å². The summed E-state index contributed by atoms with van der Waals surface area (Å²) in [4.78, 5) is 26.6. The topological polar surface area (TPSA) is 87.1 Å². The first kappa shape index (κ1) is 36.9. The van der Waals surface area contributed by atoms with Crippen molar-refractivity contribution in [3.8, 4) is 0 Å². The van der Waals surface area contributed by atoms with Crippen LogP contribution in [0.4, 0.5) is 0 Å². The predicted molar refractivity (Wildman–Crippen MR) is 188 cm³/mol. The third kappa shape index (κ3) is 6.16. The Morgan fingerprint density at radius 1 is 0.894 bits per heavy atom. The summed E-state index contributed by atoms with van der Waals surface area (Å²) in [5.74, 6) is 2.12. The highest BCUT2D eigenvalue weighted by Crippen LogP contribution is 2.78. The number of ether oxygens (including phenoxy) is 1. The maximum atomic E-state index is 13.2. The van der Waals surface area contributed by atoms with Gasteiger partial charge in [0.2, 0.25) is 0 Å². The van der Waals surface area contributed by atoms with E-state index in [-0.39, 0.29) is 47.9 Å². The van der Waals surface area contributed by atoms with Crippen molar-refractivity contribution in [2.45, 2.75) is 151 Å². The van der Waals surface area contributed by atoms with Gasteiger partial charge in [0, 0.05) is 5.41 Å². The summed E-state index contributed by atoms with van der Waals surface area (Å²) in [6.45, 7) is 24.4. The molecule has 0 unspecified atom stereocenters. The number of carbonyl (C=O) groups excluding carboxylic acids is 1. The Bertz CT molecular complexity index is 1210. The van der Waals surface area contributed by atoms with Gasteiger partial charge in [-0.05, 0) is 154 Å². The number of fused-ring (bicyclic) bond motifs is 7. The molecule has 0 aliphatic heterocycles. The molecule has 2 N–H and O–H groups in total. The van der Waals surface area contributed by atoms with E-state index >= 15 is 0 Å². The Hall–Kier alpha value is -1.40. The van der Waals surface area contributed by atoms with Gasteiger partial charge in [0.25, 0.3) is 0 Å². The molecule has 5 rings (SSSR count). The highest BCUT2D eigenvalue weighted by molar-refractivity contribution is 5.73. The van der Waals surface area contributed by atoms with Gasteiger partial charge < -0.3 is 14.9 Å². The molecule has 5 fully saturated rings. The van der Waals surface area contributed by atoms with Crippen molar-refractivity contribution in [2.24, 2.45) is 62.1 Å². The van der Waals surface area contributed by atoms with Crippen molar-refractivity contribution in [3.05, 3.63) is 12.2 Å². The summed E-state index contributed by atoms with van der Waals surface area (Å²) in [6, 6.07) is 0. The third-order valence-corrected chi connectivity index (χ3v) is 16.2. The minimum atomic E-state index is -0.872. The molecule has 5 aliphatic carbocycles. The standard InChI is InChI=1S/C41H69NO5/c1-27(2)28-14-20-41(17-11-23-42(10)26-43)22-21-39(8)29(35(28)41)12-13-31-38(7)18-16-32(37(5,6)30(38)15-19-40(31,39)9)47-34(46)25-36(3,4)24-33(44)45/h28-32,35,43H,1,11-26H2,2-10H3,(H,44,45)/t28-,29+,30-,31+,32-,35+,38-,39+,40+,41+/m0/s1. The maximum Gasteiger partial charge on any atom is 0.306 e. The van der Waals surface area contributed by atoms with Crippen LogP contribution in [0.3, 0.4) is 0 Å². The number of allylic oxidation sites excluding steroid dienone is 1. The van der Waals surface area contributed by atoms with Crippen molar-refractivity contribution in [2.75, 3.05) is 20.3 Å². The number of aliphatic hydroxyl groups excluding tert-OH is 1. The Morgan fingerprint density at radius 2 is 1.60 bits per heavy atom. The van der Waals surface area contributed by atoms with E-state index in [0.717, 1.165) is 37.6 Å². The molecule has 0 bridgehead atoms. The number of carboxylic acids is 1. The molecule has 47 heavy (non-hydrogen) atoms. The van der Waals surface area contributed by atoms with Crippen molar-refractivity contribution in [3.63, 3.8) is 0 Å². The van der Waals surface area contributed by atoms with Gasteiger partial charge in [0.15, 0.2) is 0 Å². The summed E-state index contributed by atoms with van der Waals surface area (Å²) >= 11 is 0. The van der Waals surface area contributed by atoms with E-state index in [9.17, 15) is 19.8 Å². The lowest BCUT2D eigenvalue weighted by molar-refractivity contribution is -0.250. The molecule has 6 heteroatoms. The van der Waals surface area contributed by atoms with Crippen LogP contribution in [0.15, 0.2) is 12.2 Å². The first-order valence-corrected chi connectivity index (χ1v) is 19.1. The van der Waals surface area contributed by atoms with Gasteiger partial charge in [-0.25, -0.2) is 0 Å². The molecule has 0 aromatic rings. The van der Waals surface area contributed by atoms with E-state index in [4.69, 9.17) is 4.74 Å². The molecule has 0 aromatic carbocycles. The summed E-state index contributed by atoms with van der Waals surface area (Å²) in [5.41, 5.74) is 1.87. The van der Waals surface area contributed by atoms with Crippen LogP contribution in [0, 0.1) is 62.1 Å². The Morgan fingerprint density at radius 3 is 2.23 bits per heavy atom. The Kier molecular flexibility index (Phi) is 9.99. The Balaban J connectivity index is 1.37. The van der Waals surface area contributed by atoms with Crippen LogP contribution in [0.1, 0.15) is 145 Å². The highest BCUT2D eigenvalue weighted by atomic mass is 16.5. The lowest BCUT2D eigenvalue weighted by atomic mass is 9.32. The van der Waals surface area contributed by atoms with Crippen molar-refractivity contribution in [1.29, 1.82) is 0 Å². The van der Waals surface area contributed by atoms with Gasteiger partial charge >= 0.3 is 11.9 Å². The zero-order valence-corrected chi connectivity index (χ0v) is 31.6. The fourth-order valence-electron chi connectivity index (χ4n) is 13.7. The number of hydrogen-bond donors (Lipinski definition) is 2. The normalized spacial score (nSPS) is 42.5. The lowest BCUT2D eigenvalue weighted by Gasteiger charge is -2.73. The Labute approximate surface area is 286 Å². The number of hydrogen-bond acceptors (Lipinski definition) is 5. The van der Waals surface area contributed by atoms with Crippen molar-refractivity contribution >= 4 is 11.9 Å². The van der Waals surface area contributed by atoms with E-state index in [1.165, 1.54) is 63.4 Å². The first-order chi connectivity index (χ1) is 21.8. The summed E-state index contributed by atoms with van der Waals surface area (Å²) < 4.78 is 6.27. The molecule has 5 saturated carbocycles. The molecule has 0 aromatic heterocycles. The predicted octanol–water partition coefficient (Wildman–Crippen LogP) is 9.11. The number of nitrogens with zero attached hydrogens (tertiary/aromatic N) is 1. The number of carboxylic acid groups (broad SMARTS) is 1. The second-order valence-corrected chi connectivity index (χ2v) is 19.6. The number of esters is 1. The van der Waals surface area contributed by atoms with Gasteiger partial charge in [0.05, 0.1) is 19.6 Å². The molecule has 0 radical (unpaired) electrons. The lowest BCUT2D eigenvalue weighted by Crippen LogP contribution is -2.66. The summed E-state index contributed by atoms with van der Waals surface area (Å²) in [7, 11) is 2.03. The number of aliphatic hydroxyl groups is 1. The van der Waals surface area contributed by atoms with Gasteiger partial charge in [-0.1, -0.05) is 60.6 Å². The largest absolute Gasteiger partial charge is 0.481 e. The number of carbonyl (C=O) groups is 2. The molecule has 0 saturated heterocycles. The molecule has 10 atom stereocenters. The average molecular weight is 656 g/mol. The van der Waals surface area contributed by atoms with E-state index in [0.29, 0.717) is 28.6 Å². The van der Waals surface area contributed by atoms with E-state index in [1.807, 2.05) is 25.8 Å². The van der Waals surface area contributed by atoms with Crippen molar-refractivity contribution < 1.29 is 24.5 Å². The van der Waals surface area contributed by atoms with Crippen LogP contribution in [0.2, 0.25) is 0 Å². The van der Waals surface area contributed by atoms with Crippen LogP contribution in [-0.4, -0.2) is 53.5 Å². The number of rotatable bonds is 11. The fraction of sp³-hybridized carbons (Fsp3) is 0.902.